The highest BCUT2D eigenvalue weighted by atomic mass is 16.6. The maximum atomic E-state index is 12.1. The molecule has 0 unspecified atom stereocenters. The fourth-order valence-corrected chi connectivity index (χ4v) is 2.77. The van der Waals surface area contributed by atoms with Crippen LogP contribution >= 0.6 is 0 Å². The molecule has 0 atom stereocenters. The number of esters is 1. The van der Waals surface area contributed by atoms with Crippen molar-refractivity contribution < 1.29 is 19.0 Å². The maximum absolute atomic E-state index is 12.1. The van der Waals surface area contributed by atoms with Gasteiger partial charge in [0.05, 0.1) is 14.2 Å². The highest BCUT2D eigenvalue weighted by molar-refractivity contribution is 5.93. The summed E-state index contributed by atoms with van der Waals surface area (Å²) in [5.74, 6) is 1.27. The second-order valence-corrected chi connectivity index (χ2v) is 6.14. The van der Waals surface area contributed by atoms with E-state index in [1.54, 1.807) is 14.2 Å². The molecular weight excluding hydrogens is 340 g/mol. The molecule has 138 valence electrons. The van der Waals surface area contributed by atoms with Crippen molar-refractivity contribution in [2.45, 2.75) is 13.3 Å². The summed E-state index contributed by atoms with van der Waals surface area (Å²) in [7, 11) is 3.20. The third kappa shape index (κ3) is 3.95. The van der Waals surface area contributed by atoms with Gasteiger partial charge in [-0.2, -0.15) is 0 Å². The Balaban J connectivity index is 2.01. The quantitative estimate of drug-likeness (QED) is 0.335. The van der Waals surface area contributed by atoms with E-state index >= 15 is 0 Å². The summed E-state index contributed by atoms with van der Waals surface area (Å²) in [6, 6.07) is 17.7. The second-order valence-electron chi connectivity index (χ2n) is 6.14. The molecule has 27 heavy (non-hydrogen) atoms. The van der Waals surface area contributed by atoms with E-state index < -0.39 is 5.97 Å². The molecule has 3 rings (SSSR count). The normalized spacial score (nSPS) is 10.5. The molecule has 0 aliphatic rings. The van der Waals surface area contributed by atoms with Crippen LogP contribution in [0, 0.1) is 0 Å². The number of ether oxygens (including phenoxy) is 3. The minimum atomic E-state index is -0.443. The first-order valence-corrected chi connectivity index (χ1v) is 8.72. The van der Waals surface area contributed by atoms with Crippen LogP contribution in [0.5, 0.6) is 17.2 Å². The molecule has 0 saturated heterocycles. The molecule has 0 aromatic heterocycles. The minimum Gasteiger partial charge on any atom is -0.497 e. The summed E-state index contributed by atoms with van der Waals surface area (Å²) in [5.41, 5.74) is 2.56. The van der Waals surface area contributed by atoms with Gasteiger partial charge in [0.2, 0.25) is 0 Å². The largest absolute Gasteiger partial charge is 0.497 e. The minimum absolute atomic E-state index is 0.386. The van der Waals surface area contributed by atoms with Crippen molar-refractivity contribution in [3.05, 3.63) is 66.7 Å². The molecule has 0 bridgehead atoms. The van der Waals surface area contributed by atoms with Gasteiger partial charge in [-0.25, -0.2) is 4.79 Å². The van der Waals surface area contributed by atoms with Gasteiger partial charge >= 0.3 is 5.97 Å². The smallest absolute Gasteiger partial charge is 0.338 e. The third-order valence-electron chi connectivity index (χ3n) is 4.46. The summed E-state index contributed by atoms with van der Waals surface area (Å²) in [4.78, 5) is 12.1. The van der Waals surface area contributed by atoms with E-state index in [-0.39, 0.29) is 0 Å². The fourth-order valence-electron chi connectivity index (χ4n) is 2.77. The molecule has 0 saturated carbocycles. The van der Waals surface area contributed by atoms with E-state index in [0.717, 1.165) is 27.6 Å². The van der Waals surface area contributed by atoms with E-state index in [4.69, 9.17) is 14.2 Å². The first-order chi connectivity index (χ1) is 13.0. The van der Waals surface area contributed by atoms with Gasteiger partial charge in [0.25, 0.3) is 0 Å². The van der Waals surface area contributed by atoms with Crippen LogP contribution < -0.4 is 14.2 Å². The highest BCUT2D eigenvalue weighted by Gasteiger charge is 2.14. The number of hydrogen-bond acceptors (Lipinski definition) is 4. The molecule has 0 amide bonds. The predicted octanol–water partition coefficient (Wildman–Crippen LogP) is 5.40. The van der Waals surface area contributed by atoms with Crippen LogP contribution in [-0.2, 0) is 4.79 Å². The average Bonchev–Trinajstić information content (AvgIpc) is 2.72. The summed E-state index contributed by atoms with van der Waals surface area (Å²) in [6.07, 6.45) is 0.538. The van der Waals surface area contributed by atoms with Crippen molar-refractivity contribution in [1.29, 1.82) is 0 Å². The predicted molar refractivity (Wildman–Crippen MR) is 108 cm³/mol. The Hall–Kier alpha value is -3.27. The van der Waals surface area contributed by atoms with Gasteiger partial charge in [0.1, 0.15) is 5.75 Å². The SMILES string of the molecule is C=C(CC)C(=O)Oc1cc2cc(-c3ccc(OC)cc3)ccc2cc1OC. The molecule has 4 nitrogen and oxygen atoms in total. The van der Waals surface area contributed by atoms with Crippen molar-refractivity contribution >= 4 is 16.7 Å². The molecule has 0 heterocycles. The van der Waals surface area contributed by atoms with Gasteiger partial charge in [0.15, 0.2) is 11.5 Å². The van der Waals surface area contributed by atoms with Crippen LogP contribution in [0.25, 0.3) is 21.9 Å². The number of methoxy groups -OCH3 is 2. The van der Waals surface area contributed by atoms with Crippen molar-refractivity contribution in [2.75, 3.05) is 14.2 Å². The van der Waals surface area contributed by atoms with Crippen LogP contribution in [0.1, 0.15) is 13.3 Å². The standard InChI is InChI=1S/C23H22O4/c1-5-15(2)23(24)27-22-14-19-12-17(6-7-18(19)13-21(22)26-4)16-8-10-20(25-3)11-9-16/h6-14H,2,5H2,1,3-4H3. The zero-order valence-electron chi connectivity index (χ0n) is 15.7. The van der Waals surface area contributed by atoms with Crippen molar-refractivity contribution in [3.63, 3.8) is 0 Å². The van der Waals surface area contributed by atoms with Gasteiger partial charge in [0, 0.05) is 5.57 Å². The zero-order chi connectivity index (χ0) is 19.4. The molecular formula is C23H22O4. The second kappa shape index (κ2) is 7.96. The van der Waals surface area contributed by atoms with E-state index in [1.165, 1.54) is 0 Å². The highest BCUT2D eigenvalue weighted by Crippen LogP contribution is 2.35. The lowest BCUT2D eigenvalue weighted by Gasteiger charge is -2.12. The van der Waals surface area contributed by atoms with E-state index in [1.807, 2.05) is 55.5 Å². The first kappa shape index (κ1) is 18.5. The van der Waals surface area contributed by atoms with Crippen LogP contribution in [0.15, 0.2) is 66.7 Å². The van der Waals surface area contributed by atoms with E-state index in [0.29, 0.717) is 23.5 Å². The summed E-state index contributed by atoms with van der Waals surface area (Å²) >= 11 is 0. The average molecular weight is 362 g/mol. The van der Waals surface area contributed by atoms with Crippen molar-refractivity contribution in [2.24, 2.45) is 0 Å². The van der Waals surface area contributed by atoms with Gasteiger partial charge in [-0.05, 0) is 58.7 Å². The number of carbonyl (C=O) groups is 1. The van der Waals surface area contributed by atoms with Crippen LogP contribution in [0.3, 0.4) is 0 Å². The van der Waals surface area contributed by atoms with Crippen LogP contribution in [0.2, 0.25) is 0 Å². The van der Waals surface area contributed by atoms with Gasteiger partial charge in [-0.15, -0.1) is 0 Å². The number of carbonyl (C=O) groups excluding carboxylic acids is 1. The Kier molecular flexibility index (Phi) is 5.46. The van der Waals surface area contributed by atoms with E-state index in [9.17, 15) is 4.79 Å². The Labute approximate surface area is 159 Å². The number of fused-ring (bicyclic) bond motifs is 1. The van der Waals surface area contributed by atoms with Crippen LogP contribution in [-0.4, -0.2) is 20.2 Å². The van der Waals surface area contributed by atoms with E-state index in [2.05, 4.69) is 12.6 Å². The summed E-state index contributed by atoms with van der Waals surface area (Å²) < 4.78 is 16.1. The fraction of sp³-hybridized carbons (Fsp3) is 0.174. The molecule has 3 aromatic rings. The summed E-state index contributed by atoms with van der Waals surface area (Å²) in [6.45, 7) is 5.59. The lowest BCUT2D eigenvalue weighted by Crippen LogP contribution is -2.10. The molecule has 0 radical (unpaired) electrons. The molecule has 0 fully saturated rings. The topological polar surface area (TPSA) is 44.8 Å². The Morgan fingerprint density at radius 2 is 1.52 bits per heavy atom. The van der Waals surface area contributed by atoms with Gasteiger partial charge < -0.3 is 14.2 Å². The molecule has 0 spiro atoms. The Morgan fingerprint density at radius 1 is 0.852 bits per heavy atom. The Bertz CT molecular complexity index is 987. The lowest BCUT2D eigenvalue weighted by atomic mass is 10.0. The molecule has 0 N–H and O–H groups in total. The monoisotopic (exact) mass is 362 g/mol. The maximum Gasteiger partial charge on any atom is 0.338 e. The third-order valence-corrected chi connectivity index (χ3v) is 4.46. The summed E-state index contributed by atoms with van der Waals surface area (Å²) in [5, 5.41) is 1.95. The molecule has 3 aromatic carbocycles. The zero-order valence-corrected chi connectivity index (χ0v) is 15.7. The molecule has 0 aliphatic carbocycles. The van der Waals surface area contributed by atoms with Crippen molar-refractivity contribution in [3.8, 4) is 28.4 Å². The Morgan fingerprint density at radius 3 is 2.15 bits per heavy atom. The van der Waals surface area contributed by atoms with Crippen LogP contribution in [0.4, 0.5) is 0 Å². The lowest BCUT2D eigenvalue weighted by molar-refractivity contribution is -0.130. The van der Waals surface area contributed by atoms with Crippen molar-refractivity contribution in [1.82, 2.24) is 0 Å². The number of benzene rings is 3. The van der Waals surface area contributed by atoms with Gasteiger partial charge in [-0.3, -0.25) is 0 Å². The van der Waals surface area contributed by atoms with Gasteiger partial charge in [-0.1, -0.05) is 37.8 Å². The first-order valence-electron chi connectivity index (χ1n) is 8.72. The molecule has 4 heteroatoms. The number of hydrogen-bond donors (Lipinski definition) is 0. The molecule has 0 aliphatic heterocycles. The number of rotatable bonds is 6.